The summed E-state index contributed by atoms with van der Waals surface area (Å²) in [6, 6.07) is 13.3. The van der Waals surface area contributed by atoms with Gasteiger partial charge in [-0.2, -0.15) is 0 Å². The van der Waals surface area contributed by atoms with Gasteiger partial charge in [-0.25, -0.2) is 4.98 Å². The summed E-state index contributed by atoms with van der Waals surface area (Å²) < 4.78 is 5.72. The second-order valence-corrected chi connectivity index (χ2v) is 6.21. The molecule has 1 aliphatic heterocycles. The Morgan fingerprint density at radius 3 is 2.83 bits per heavy atom. The lowest BCUT2D eigenvalue weighted by Gasteiger charge is -2.28. The van der Waals surface area contributed by atoms with E-state index in [1.807, 2.05) is 42.5 Å². The monoisotopic (exact) mass is 325 g/mol. The number of hydrogen-bond acceptors (Lipinski definition) is 4. The number of carbonyl (C=O) groups is 1. The first kappa shape index (κ1) is 16.5. The number of carbonyl (C=O) groups excluding carboxylic acids is 1. The quantitative estimate of drug-likeness (QED) is 0.918. The van der Waals surface area contributed by atoms with Gasteiger partial charge < -0.3 is 15.0 Å². The summed E-state index contributed by atoms with van der Waals surface area (Å²) in [4.78, 5) is 18.7. The van der Waals surface area contributed by atoms with Crippen molar-refractivity contribution in [3.63, 3.8) is 0 Å². The molecule has 0 saturated carbocycles. The highest BCUT2D eigenvalue weighted by atomic mass is 16.5. The Morgan fingerprint density at radius 1 is 1.25 bits per heavy atom. The third-order valence-electron chi connectivity index (χ3n) is 4.31. The molecule has 2 aromatic rings. The number of benzene rings is 1. The van der Waals surface area contributed by atoms with Crippen molar-refractivity contribution in [1.29, 1.82) is 0 Å². The van der Waals surface area contributed by atoms with Gasteiger partial charge in [0.25, 0.3) is 0 Å². The molecule has 0 aliphatic carbocycles. The zero-order chi connectivity index (χ0) is 16.8. The van der Waals surface area contributed by atoms with E-state index in [9.17, 15) is 4.79 Å². The van der Waals surface area contributed by atoms with Crippen LogP contribution >= 0.6 is 0 Å². The maximum absolute atomic E-state index is 12.3. The number of aromatic nitrogens is 1. The van der Waals surface area contributed by atoms with E-state index >= 15 is 0 Å². The average Bonchev–Trinajstić information content (AvgIpc) is 2.61. The molecule has 5 nitrogen and oxygen atoms in total. The van der Waals surface area contributed by atoms with Gasteiger partial charge in [-0.3, -0.25) is 4.79 Å². The molecule has 0 spiro atoms. The van der Waals surface area contributed by atoms with E-state index < -0.39 is 0 Å². The Kier molecular flexibility index (Phi) is 5.43. The lowest BCUT2D eigenvalue weighted by atomic mass is 9.96. The fraction of sp³-hybridized carbons (Fsp3) is 0.368. The molecule has 1 saturated heterocycles. The number of nitrogens with one attached hydrogen (secondary N) is 1. The number of piperidine rings is 1. The Bertz CT molecular complexity index is 667. The standard InChI is InChI=1S/C19H23N3O2/c1-22-11-8-16(9-12-22)19(23)21-14-15-5-4-6-17(13-15)24-18-7-2-3-10-20-18/h2-7,10,13,16H,8-9,11-12,14H2,1H3,(H,21,23). The van der Waals surface area contributed by atoms with Crippen molar-refractivity contribution < 1.29 is 9.53 Å². The zero-order valence-corrected chi connectivity index (χ0v) is 13.9. The molecule has 1 aromatic heterocycles. The van der Waals surface area contributed by atoms with Crippen molar-refractivity contribution in [3.05, 3.63) is 54.2 Å². The number of nitrogens with zero attached hydrogens (tertiary/aromatic N) is 2. The molecule has 1 fully saturated rings. The molecule has 1 aromatic carbocycles. The Labute approximate surface area is 142 Å². The molecule has 0 bridgehead atoms. The molecule has 3 rings (SSSR count). The van der Waals surface area contributed by atoms with Crippen LogP contribution < -0.4 is 10.1 Å². The number of likely N-dealkylation sites (tertiary alicyclic amines) is 1. The van der Waals surface area contributed by atoms with Gasteiger partial charge in [-0.1, -0.05) is 18.2 Å². The summed E-state index contributed by atoms with van der Waals surface area (Å²) in [5, 5.41) is 3.05. The van der Waals surface area contributed by atoms with E-state index in [0.29, 0.717) is 12.4 Å². The first-order chi connectivity index (χ1) is 11.7. The minimum atomic E-state index is 0.133. The third kappa shape index (κ3) is 4.55. The zero-order valence-electron chi connectivity index (χ0n) is 13.9. The van der Waals surface area contributed by atoms with Gasteiger partial charge >= 0.3 is 0 Å². The van der Waals surface area contributed by atoms with Crippen LogP contribution in [0.25, 0.3) is 0 Å². The summed E-state index contributed by atoms with van der Waals surface area (Å²) in [5.74, 6) is 1.57. The van der Waals surface area contributed by atoms with Crippen LogP contribution in [0.3, 0.4) is 0 Å². The Hall–Kier alpha value is -2.40. The number of rotatable bonds is 5. The van der Waals surface area contributed by atoms with Gasteiger partial charge in [0, 0.05) is 24.7 Å². The van der Waals surface area contributed by atoms with E-state index in [4.69, 9.17) is 4.74 Å². The fourth-order valence-electron chi connectivity index (χ4n) is 2.85. The molecule has 0 radical (unpaired) electrons. The smallest absolute Gasteiger partial charge is 0.223 e. The van der Waals surface area contributed by atoms with Gasteiger partial charge in [0.05, 0.1) is 0 Å². The topological polar surface area (TPSA) is 54.5 Å². The summed E-state index contributed by atoms with van der Waals surface area (Å²) in [5.41, 5.74) is 1.02. The van der Waals surface area contributed by atoms with Gasteiger partial charge in [0.1, 0.15) is 5.75 Å². The van der Waals surface area contributed by atoms with Crippen LogP contribution in [0.2, 0.25) is 0 Å². The summed E-state index contributed by atoms with van der Waals surface area (Å²) >= 11 is 0. The van der Waals surface area contributed by atoms with E-state index in [-0.39, 0.29) is 11.8 Å². The Balaban J connectivity index is 1.54. The maximum Gasteiger partial charge on any atom is 0.223 e. The highest BCUT2D eigenvalue weighted by molar-refractivity contribution is 5.78. The molecule has 1 aliphatic rings. The lowest BCUT2D eigenvalue weighted by Crippen LogP contribution is -2.38. The van der Waals surface area contributed by atoms with Crippen molar-refractivity contribution in [2.24, 2.45) is 5.92 Å². The Morgan fingerprint density at radius 2 is 2.08 bits per heavy atom. The van der Waals surface area contributed by atoms with Gasteiger partial charge in [-0.15, -0.1) is 0 Å². The van der Waals surface area contributed by atoms with Crippen molar-refractivity contribution in [1.82, 2.24) is 15.2 Å². The molecule has 0 unspecified atom stereocenters. The molecule has 2 heterocycles. The van der Waals surface area contributed by atoms with Crippen LogP contribution in [0, 0.1) is 5.92 Å². The predicted molar refractivity (Wildman–Crippen MR) is 92.8 cm³/mol. The number of pyridine rings is 1. The number of amides is 1. The van der Waals surface area contributed by atoms with Crippen LogP contribution in [0.5, 0.6) is 11.6 Å². The third-order valence-corrected chi connectivity index (χ3v) is 4.31. The predicted octanol–water partition coefficient (Wildman–Crippen LogP) is 2.83. The number of ether oxygens (including phenoxy) is 1. The van der Waals surface area contributed by atoms with Crippen molar-refractivity contribution in [3.8, 4) is 11.6 Å². The highest BCUT2D eigenvalue weighted by Gasteiger charge is 2.22. The minimum Gasteiger partial charge on any atom is -0.439 e. The van der Waals surface area contributed by atoms with E-state index in [2.05, 4.69) is 22.2 Å². The molecule has 0 atom stereocenters. The molecular weight excluding hydrogens is 302 g/mol. The van der Waals surface area contributed by atoms with Crippen LogP contribution in [0.1, 0.15) is 18.4 Å². The van der Waals surface area contributed by atoms with Gasteiger partial charge in [0.15, 0.2) is 0 Å². The molecule has 126 valence electrons. The van der Waals surface area contributed by atoms with E-state index in [1.54, 1.807) is 6.20 Å². The van der Waals surface area contributed by atoms with Gasteiger partial charge in [0.2, 0.25) is 11.8 Å². The van der Waals surface area contributed by atoms with Crippen molar-refractivity contribution in [2.45, 2.75) is 19.4 Å². The maximum atomic E-state index is 12.3. The van der Waals surface area contributed by atoms with Crippen LogP contribution in [0.15, 0.2) is 48.7 Å². The van der Waals surface area contributed by atoms with E-state index in [0.717, 1.165) is 37.2 Å². The first-order valence-electron chi connectivity index (χ1n) is 8.35. The largest absolute Gasteiger partial charge is 0.439 e. The molecule has 24 heavy (non-hydrogen) atoms. The van der Waals surface area contributed by atoms with Crippen molar-refractivity contribution >= 4 is 5.91 Å². The molecule has 1 amide bonds. The van der Waals surface area contributed by atoms with Crippen LogP contribution in [0.4, 0.5) is 0 Å². The summed E-state index contributed by atoms with van der Waals surface area (Å²) in [6.45, 7) is 2.50. The van der Waals surface area contributed by atoms with E-state index in [1.165, 1.54) is 0 Å². The fourth-order valence-corrected chi connectivity index (χ4v) is 2.85. The van der Waals surface area contributed by atoms with Crippen LogP contribution in [-0.4, -0.2) is 35.9 Å². The highest BCUT2D eigenvalue weighted by Crippen LogP contribution is 2.20. The minimum absolute atomic E-state index is 0.133. The SMILES string of the molecule is CN1CCC(C(=O)NCc2cccc(Oc3ccccn3)c2)CC1. The van der Waals surface area contributed by atoms with Gasteiger partial charge in [-0.05, 0) is 56.7 Å². The van der Waals surface area contributed by atoms with Crippen molar-refractivity contribution in [2.75, 3.05) is 20.1 Å². The summed E-state index contributed by atoms with van der Waals surface area (Å²) in [7, 11) is 2.10. The first-order valence-corrected chi connectivity index (χ1v) is 8.35. The summed E-state index contributed by atoms with van der Waals surface area (Å²) in [6.07, 6.45) is 3.57. The van der Waals surface area contributed by atoms with Crippen LogP contribution in [-0.2, 0) is 11.3 Å². The normalized spacial score (nSPS) is 15.9. The second kappa shape index (κ2) is 7.93. The molecule has 5 heteroatoms. The average molecular weight is 325 g/mol. The lowest BCUT2D eigenvalue weighted by molar-refractivity contribution is -0.126. The number of hydrogen-bond donors (Lipinski definition) is 1. The molecular formula is C19H23N3O2. The second-order valence-electron chi connectivity index (χ2n) is 6.21. The molecule has 1 N–H and O–H groups in total.